The number of carbonyl (C=O) groups excluding carboxylic acids is 2. The van der Waals surface area contributed by atoms with Crippen LogP contribution in [0.4, 0.5) is 0 Å². The number of likely N-dealkylation sites (tertiary alicyclic amines) is 1. The first-order valence-electron chi connectivity index (χ1n) is 10.1. The molecule has 4 rings (SSSR count). The Morgan fingerprint density at radius 2 is 2.03 bits per heavy atom. The Labute approximate surface area is 179 Å². The summed E-state index contributed by atoms with van der Waals surface area (Å²) < 4.78 is 5.17. The molecule has 0 spiro atoms. The molecule has 3 heterocycles. The van der Waals surface area contributed by atoms with Gasteiger partial charge in [0.05, 0.1) is 11.1 Å². The van der Waals surface area contributed by atoms with Crippen LogP contribution in [0.15, 0.2) is 46.3 Å². The highest BCUT2D eigenvalue weighted by atomic mass is 32.1. The van der Waals surface area contributed by atoms with Crippen LogP contribution in [0.5, 0.6) is 0 Å². The first-order valence-corrected chi connectivity index (χ1v) is 10.9. The van der Waals surface area contributed by atoms with Crippen molar-refractivity contribution in [3.8, 4) is 10.4 Å². The Kier molecular flexibility index (Phi) is 5.47. The van der Waals surface area contributed by atoms with Crippen molar-refractivity contribution in [2.75, 3.05) is 13.1 Å². The van der Waals surface area contributed by atoms with Crippen molar-refractivity contribution in [2.24, 2.45) is 11.1 Å². The quantitative estimate of drug-likeness (QED) is 0.672. The summed E-state index contributed by atoms with van der Waals surface area (Å²) in [6, 6.07) is 12.2. The number of hydrogen-bond acceptors (Lipinski definition) is 5. The molecule has 0 aliphatic carbocycles. The number of aryl methyl sites for hydroxylation is 2. The van der Waals surface area contributed by atoms with Crippen LogP contribution in [-0.2, 0) is 11.2 Å². The smallest absolute Gasteiger partial charge is 0.259 e. The predicted molar refractivity (Wildman–Crippen MR) is 116 cm³/mol. The van der Waals surface area contributed by atoms with Crippen LogP contribution in [0.1, 0.15) is 40.2 Å². The second kappa shape index (κ2) is 8.07. The largest absolute Gasteiger partial charge is 0.369 e. The van der Waals surface area contributed by atoms with Gasteiger partial charge in [0.1, 0.15) is 11.3 Å². The Balaban J connectivity index is 1.66. The molecular formula is C23H25N3O3S. The number of carbonyl (C=O) groups is 2. The normalized spacial score (nSPS) is 19.1. The molecule has 1 atom stereocenters. The maximum Gasteiger partial charge on any atom is 0.259 e. The maximum absolute atomic E-state index is 13.2. The van der Waals surface area contributed by atoms with E-state index in [9.17, 15) is 9.59 Å². The lowest BCUT2D eigenvalue weighted by atomic mass is 9.73. The highest BCUT2D eigenvalue weighted by Crippen LogP contribution is 2.38. The van der Waals surface area contributed by atoms with Gasteiger partial charge in [-0.15, -0.1) is 11.3 Å². The Bertz CT molecular complexity index is 1050. The van der Waals surface area contributed by atoms with Crippen molar-refractivity contribution in [3.05, 3.63) is 64.4 Å². The van der Waals surface area contributed by atoms with Crippen molar-refractivity contribution >= 4 is 23.2 Å². The summed E-state index contributed by atoms with van der Waals surface area (Å²) in [7, 11) is 0. The SMILES string of the molecule is Cc1noc(C)c1C(=O)N1CCCC(Cc2ccccc2-c2cccs2)(C(N)=O)C1. The highest BCUT2D eigenvalue weighted by molar-refractivity contribution is 7.13. The van der Waals surface area contributed by atoms with Crippen molar-refractivity contribution < 1.29 is 14.1 Å². The van der Waals surface area contributed by atoms with Gasteiger partial charge in [-0.25, -0.2) is 0 Å². The van der Waals surface area contributed by atoms with Crippen LogP contribution in [0, 0.1) is 19.3 Å². The van der Waals surface area contributed by atoms with Crippen LogP contribution in [0.3, 0.4) is 0 Å². The van der Waals surface area contributed by atoms with Gasteiger partial charge in [-0.2, -0.15) is 0 Å². The van der Waals surface area contributed by atoms with Crippen molar-refractivity contribution in [2.45, 2.75) is 33.1 Å². The van der Waals surface area contributed by atoms with Gasteiger partial charge in [0, 0.05) is 18.0 Å². The number of primary amides is 1. The van der Waals surface area contributed by atoms with E-state index in [4.69, 9.17) is 10.3 Å². The van der Waals surface area contributed by atoms with Gasteiger partial charge < -0.3 is 15.2 Å². The van der Waals surface area contributed by atoms with Gasteiger partial charge in [0.25, 0.3) is 5.91 Å². The van der Waals surface area contributed by atoms with Gasteiger partial charge in [0.15, 0.2) is 0 Å². The molecule has 1 fully saturated rings. The molecule has 0 radical (unpaired) electrons. The summed E-state index contributed by atoms with van der Waals surface area (Å²) in [6.45, 7) is 4.37. The lowest BCUT2D eigenvalue weighted by Gasteiger charge is -2.41. The minimum absolute atomic E-state index is 0.150. The van der Waals surface area contributed by atoms with Gasteiger partial charge in [-0.1, -0.05) is 35.5 Å². The van der Waals surface area contributed by atoms with Crippen molar-refractivity contribution in [1.82, 2.24) is 10.1 Å². The summed E-state index contributed by atoms with van der Waals surface area (Å²) in [5.41, 5.74) is 8.38. The fourth-order valence-corrected chi connectivity index (χ4v) is 5.18. The Hall–Kier alpha value is -2.93. The van der Waals surface area contributed by atoms with Gasteiger partial charge >= 0.3 is 0 Å². The standard InChI is InChI=1S/C23H25N3O3S/c1-15-20(16(2)29-25-15)21(27)26-11-6-10-23(14-26,22(24)28)13-17-7-3-4-8-18(17)19-9-5-12-30-19/h3-5,7-9,12H,6,10-11,13-14H2,1-2H3,(H2,24,28). The number of benzene rings is 1. The van der Waals surface area contributed by atoms with E-state index in [1.165, 1.54) is 0 Å². The minimum atomic E-state index is -0.805. The van der Waals surface area contributed by atoms with E-state index in [-0.39, 0.29) is 11.8 Å². The summed E-state index contributed by atoms with van der Waals surface area (Å²) >= 11 is 1.67. The molecule has 2 aromatic heterocycles. The predicted octanol–water partition coefficient (Wildman–Crippen LogP) is 3.97. The van der Waals surface area contributed by atoms with Gasteiger partial charge in [-0.05, 0) is 55.7 Å². The van der Waals surface area contributed by atoms with E-state index < -0.39 is 5.41 Å². The summed E-state index contributed by atoms with van der Waals surface area (Å²) in [4.78, 5) is 28.8. The average molecular weight is 424 g/mol. The molecule has 6 nitrogen and oxygen atoms in total. The van der Waals surface area contributed by atoms with Crippen LogP contribution >= 0.6 is 11.3 Å². The second-order valence-corrected chi connectivity index (χ2v) is 8.93. The van der Waals surface area contributed by atoms with Crippen LogP contribution < -0.4 is 5.73 Å². The van der Waals surface area contributed by atoms with E-state index in [0.717, 1.165) is 22.4 Å². The number of aromatic nitrogens is 1. The summed E-state index contributed by atoms with van der Waals surface area (Å²) in [5, 5.41) is 5.94. The third-order valence-corrected chi connectivity index (χ3v) is 6.87. The number of nitrogens with zero attached hydrogens (tertiary/aromatic N) is 2. The average Bonchev–Trinajstić information content (AvgIpc) is 3.38. The highest BCUT2D eigenvalue weighted by Gasteiger charge is 2.43. The molecule has 1 aromatic carbocycles. The number of hydrogen-bond donors (Lipinski definition) is 1. The Morgan fingerprint density at radius 1 is 1.23 bits per heavy atom. The fourth-order valence-electron chi connectivity index (χ4n) is 4.40. The van der Waals surface area contributed by atoms with E-state index >= 15 is 0 Å². The number of rotatable bonds is 5. The first-order chi connectivity index (χ1) is 14.4. The van der Waals surface area contributed by atoms with E-state index in [1.54, 1.807) is 30.1 Å². The Morgan fingerprint density at radius 3 is 2.70 bits per heavy atom. The van der Waals surface area contributed by atoms with Crippen molar-refractivity contribution in [3.63, 3.8) is 0 Å². The number of amides is 2. The summed E-state index contributed by atoms with van der Waals surface area (Å²) in [5.74, 6) is -0.0151. The molecular weight excluding hydrogens is 398 g/mol. The fraction of sp³-hybridized carbons (Fsp3) is 0.348. The number of nitrogens with two attached hydrogens (primary N) is 1. The van der Waals surface area contributed by atoms with Crippen LogP contribution in [0.2, 0.25) is 0 Å². The topological polar surface area (TPSA) is 89.4 Å². The molecule has 0 saturated carbocycles. The molecule has 0 bridgehead atoms. The lowest BCUT2D eigenvalue weighted by Crippen LogP contribution is -2.53. The second-order valence-electron chi connectivity index (χ2n) is 7.99. The monoisotopic (exact) mass is 423 g/mol. The number of thiophene rings is 1. The van der Waals surface area contributed by atoms with E-state index in [2.05, 4.69) is 23.4 Å². The lowest BCUT2D eigenvalue weighted by molar-refractivity contribution is -0.130. The third-order valence-electron chi connectivity index (χ3n) is 5.97. The van der Waals surface area contributed by atoms with Crippen LogP contribution in [0.25, 0.3) is 10.4 Å². The zero-order valence-corrected chi connectivity index (χ0v) is 18.0. The molecule has 1 unspecified atom stereocenters. The molecule has 3 aromatic rings. The van der Waals surface area contributed by atoms with Crippen LogP contribution in [-0.4, -0.2) is 35.0 Å². The van der Waals surface area contributed by atoms with Gasteiger partial charge in [-0.3, -0.25) is 9.59 Å². The van der Waals surface area contributed by atoms with E-state index in [1.807, 2.05) is 23.6 Å². The van der Waals surface area contributed by atoms with Gasteiger partial charge in [0.2, 0.25) is 5.91 Å². The first kappa shape index (κ1) is 20.3. The molecule has 2 amide bonds. The molecule has 1 saturated heterocycles. The minimum Gasteiger partial charge on any atom is -0.369 e. The number of piperidine rings is 1. The summed E-state index contributed by atoms with van der Waals surface area (Å²) in [6.07, 6.45) is 1.88. The third kappa shape index (κ3) is 3.65. The molecule has 7 heteroatoms. The van der Waals surface area contributed by atoms with E-state index in [0.29, 0.717) is 42.9 Å². The molecule has 156 valence electrons. The molecule has 30 heavy (non-hydrogen) atoms. The molecule has 2 N–H and O–H groups in total. The zero-order chi connectivity index (χ0) is 21.3. The zero-order valence-electron chi connectivity index (χ0n) is 17.2. The molecule has 1 aliphatic rings. The molecule has 1 aliphatic heterocycles. The van der Waals surface area contributed by atoms with Crippen molar-refractivity contribution in [1.29, 1.82) is 0 Å². The maximum atomic E-state index is 13.2.